The number of hydrogen-bond donors (Lipinski definition) is 2. The highest BCUT2D eigenvalue weighted by Crippen LogP contribution is 2.45. The third kappa shape index (κ3) is 2.97. The minimum Gasteiger partial charge on any atom is -0.594 e. The lowest BCUT2D eigenvalue weighted by Gasteiger charge is -2.20. The molecule has 0 saturated carbocycles. The van der Waals surface area contributed by atoms with E-state index < -0.39 is 25.1 Å². The first-order chi connectivity index (χ1) is 8.84. The summed E-state index contributed by atoms with van der Waals surface area (Å²) in [4.78, 5) is 33.3. The lowest BCUT2D eigenvalue weighted by atomic mass is 9.93. The molecule has 0 saturated heterocycles. The van der Waals surface area contributed by atoms with Gasteiger partial charge in [-0.25, -0.2) is 4.79 Å². The maximum absolute atomic E-state index is 11.4. The molecule has 102 valence electrons. The van der Waals surface area contributed by atoms with Crippen molar-refractivity contribution in [1.29, 1.82) is 0 Å². The van der Waals surface area contributed by atoms with Crippen molar-refractivity contribution in [3.63, 3.8) is 0 Å². The highest BCUT2D eigenvalue weighted by Gasteiger charge is 2.51. The molecule has 2 N–H and O–H groups in total. The Hall–Kier alpha value is -1.78. The van der Waals surface area contributed by atoms with E-state index >= 15 is 0 Å². The molecule has 0 aromatic heterocycles. The van der Waals surface area contributed by atoms with Crippen LogP contribution in [0.5, 0.6) is 0 Å². The van der Waals surface area contributed by atoms with Crippen molar-refractivity contribution in [3.05, 3.63) is 35.4 Å². The molecule has 0 aliphatic rings. The van der Waals surface area contributed by atoms with Gasteiger partial charge >= 0.3 is 20.0 Å². The fourth-order valence-electron chi connectivity index (χ4n) is 1.90. The summed E-state index contributed by atoms with van der Waals surface area (Å²) < 4.78 is 11.4. The van der Waals surface area contributed by atoms with Gasteiger partial charge < -0.3 is 15.1 Å². The smallest absolute Gasteiger partial charge is 0.363 e. The Morgan fingerprint density at radius 2 is 2.00 bits per heavy atom. The van der Waals surface area contributed by atoms with Crippen LogP contribution in [-0.4, -0.2) is 22.2 Å². The van der Waals surface area contributed by atoms with Gasteiger partial charge in [-0.05, 0) is 11.6 Å². The minimum absolute atomic E-state index is 0.0809. The zero-order chi connectivity index (χ0) is 14.6. The van der Waals surface area contributed by atoms with E-state index in [4.69, 9.17) is 5.11 Å². The Morgan fingerprint density at radius 1 is 1.37 bits per heavy atom. The number of hydrogen-bond acceptors (Lipinski definition) is 4. The van der Waals surface area contributed by atoms with Crippen LogP contribution in [-0.2, 0) is 25.7 Å². The van der Waals surface area contributed by atoms with E-state index in [1.807, 2.05) is 0 Å². The van der Waals surface area contributed by atoms with Crippen molar-refractivity contribution < 1.29 is 29.3 Å². The van der Waals surface area contributed by atoms with Crippen LogP contribution >= 0.6 is 8.03 Å². The molecule has 0 heterocycles. The van der Waals surface area contributed by atoms with Crippen LogP contribution in [0.3, 0.4) is 0 Å². The van der Waals surface area contributed by atoms with Crippen LogP contribution in [0.4, 0.5) is 0 Å². The summed E-state index contributed by atoms with van der Waals surface area (Å²) in [5.41, 5.74) is 0.443. The van der Waals surface area contributed by atoms with Gasteiger partial charge in [-0.15, -0.1) is 0 Å². The predicted octanol–water partition coefficient (Wildman–Crippen LogP) is 1.11. The summed E-state index contributed by atoms with van der Waals surface area (Å²) in [6.45, 7) is 1.46. The topological polar surface area (TPSA) is 115 Å². The van der Waals surface area contributed by atoms with E-state index in [9.17, 15) is 24.2 Å². The van der Waals surface area contributed by atoms with E-state index in [1.54, 1.807) is 0 Å². The van der Waals surface area contributed by atoms with Gasteiger partial charge in [0.25, 0.3) is 5.16 Å². The van der Waals surface area contributed by atoms with Crippen molar-refractivity contribution in [1.82, 2.24) is 0 Å². The molecule has 0 aliphatic heterocycles. The first-order valence-corrected chi connectivity index (χ1v) is 6.71. The van der Waals surface area contributed by atoms with Gasteiger partial charge in [0.2, 0.25) is 0 Å². The van der Waals surface area contributed by atoms with Crippen molar-refractivity contribution in [2.45, 2.75) is 24.9 Å². The lowest BCUT2D eigenvalue weighted by Crippen LogP contribution is -2.34. The summed E-state index contributed by atoms with van der Waals surface area (Å²) in [7, 11) is -3.24. The molecule has 6 nitrogen and oxygen atoms in total. The van der Waals surface area contributed by atoms with E-state index in [0.29, 0.717) is 5.56 Å². The highest BCUT2D eigenvalue weighted by atomic mass is 31.1. The fourth-order valence-corrected chi connectivity index (χ4v) is 2.67. The van der Waals surface area contributed by atoms with Crippen LogP contribution < -0.4 is 4.89 Å². The molecule has 7 heteroatoms. The van der Waals surface area contributed by atoms with Gasteiger partial charge in [-0.2, -0.15) is 0 Å². The summed E-state index contributed by atoms with van der Waals surface area (Å²) in [6, 6.07) is 5.67. The van der Waals surface area contributed by atoms with Gasteiger partial charge in [0.15, 0.2) is 0 Å². The SMILES string of the molecule is CCC(C(=O)O)(c1cccc(CC(=O)O)c1)[P+](=O)[O-]. The first kappa shape index (κ1) is 15.3. The van der Waals surface area contributed by atoms with Crippen LogP contribution in [0.25, 0.3) is 0 Å². The zero-order valence-corrected chi connectivity index (χ0v) is 11.1. The number of aliphatic carboxylic acids is 2. The maximum Gasteiger partial charge on any atom is 0.363 e. The number of carboxylic acid groups (broad SMARTS) is 2. The number of rotatable bonds is 6. The molecule has 0 amide bonds. The third-order valence-corrected chi connectivity index (χ3v) is 4.33. The van der Waals surface area contributed by atoms with Crippen molar-refractivity contribution in [3.8, 4) is 0 Å². The number of benzene rings is 1. The van der Waals surface area contributed by atoms with Crippen LogP contribution in [0, 0.1) is 0 Å². The molecule has 0 aliphatic carbocycles. The zero-order valence-electron chi connectivity index (χ0n) is 10.2. The largest absolute Gasteiger partial charge is 0.594 e. The van der Waals surface area contributed by atoms with E-state index in [-0.39, 0.29) is 18.4 Å². The molecule has 0 radical (unpaired) electrons. The molecular formula is C12H13O6P. The second-order valence-electron chi connectivity index (χ2n) is 4.05. The lowest BCUT2D eigenvalue weighted by molar-refractivity contribution is -0.174. The van der Waals surface area contributed by atoms with Crippen LogP contribution in [0.1, 0.15) is 24.5 Å². The van der Waals surface area contributed by atoms with Gasteiger partial charge in [0, 0.05) is 12.0 Å². The maximum atomic E-state index is 11.4. The molecular weight excluding hydrogens is 271 g/mol. The fraction of sp³-hybridized carbons (Fsp3) is 0.333. The van der Waals surface area contributed by atoms with Gasteiger partial charge in [0.05, 0.1) is 6.42 Å². The van der Waals surface area contributed by atoms with Gasteiger partial charge in [0.1, 0.15) is 0 Å². The van der Waals surface area contributed by atoms with E-state index in [2.05, 4.69) is 0 Å². The molecule has 0 spiro atoms. The molecule has 0 bridgehead atoms. The average Bonchev–Trinajstić information content (AvgIpc) is 2.29. The Labute approximate surface area is 110 Å². The predicted molar refractivity (Wildman–Crippen MR) is 65.0 cm³/mol. The summed E-state index contributed by atoms with van der Waals surface area (Å²) in [5, 5.41) is 15.9. The molecule has 2 unspecified atom stereocenters. The Kier molecular flexibility index (Phi) is 4.75. The van der Waals surface area contributed by atoms with Gasteiger partial charge in [-0.3, -0.25) is 4.79 Å². The standard InChI is InChI=1S/C12H13O6P/c1-2-12(11(15)16,19(17)18)9-5-3-4-8(6-9)7-10(13)14/h3-6H,2,7H2,1H3,(H,13,14)(H,15,16). The van der Waals surface area contributed by atoms with Crippen LogP contribution in [0.15, 0.2) is 24.3 Å². The highest BCUT2D eigenvalue weighted by molar-refractivity contribution is 7.39. The molecule has 1 aromatic carbocycles. The van der Waals surface area contributed by atoms with E-state index in [1.165, 1.54) is 31.2 Å². The minimum atomic E-state index is -3.24. The average molecular weight is 284 g/mol. The molecule has 1 rings (SSSR count). The van der Waals surface area contributed by atoms with Crippen LogP contribution in [0.2, 0.25) is 0 Å². The van der Waals surface area contributed by atoms with Gasteiger partial charge in [-0.1, -0.05) is 29.7 Å². The summed E-state index contributed by atoms with van der Waals surface area (Å²) in [5.74, 6) is -2.53. The Balaban J connectivity index is 3.35. The molecule has 19 heavy (non-hydrogen) atoms. The second-order valence-corrected chi connectivity index (χ2v) is 5.32. The second kappa shape index (κ2) is 5.91. The normalized spacial score (nSPS) is 14.5. The number of carbonyl (C=O) groups is 2. The summed E-state index contributed by atoms with van der Waals surface area (Å²) >= 11 is 0. The molecule has 1 aromatic rings. The third-order valence-electron chi connectivity index (χ3n) is 2.94. The first-order valence-electron chi connectivity index (χ1n) is 5.53. The number of carboxylic acids is 2. The molecule has 0 fully saturated rings. The Morgan fingerprint density at radius 3 is 2.42 bits per heavy atom. The summed E-state index contributed by atoms with van der Waals surface area (Å²) in [6.07, 6.45) is -0.416. The Bertz CT molecular complexity index is 511. The van der Waals surface area contributed by atoms with Crippen molar-refractivity contribution in [2.24, 2.45) is 0 Å². The van der Waals surface area contributed by atoms with Crippen molar-refractivity contribution >= 4 is 20.0 Å². The van der Waals surface area contributed by atoms with E-state index in [0.717, 1.165) is 0 Å². The quantitative estimate of drug-likeness (QED) is 0.756. The monoisotopic (exact) mass is 284 g/mol. The molecule has 2 atom stereocenters. The van der Waals surface area contributed by atoms with Crippen molar-refractivity contribution in [2.75, 3.05) is 0 Å².